The third-order valence-electron chi connectivity index (χ3n) is 3.88. The Bertz CT molecular complexity index is 711. The number of ketones is 1. The second-order valence-corrected chi connectivity index (χ2v) is 7.93. The van der Waals surface area contributed by atoms with E-state index >= 15 is 0 Å². The third-order valence-corrected chi connectivity index (χ3v) is 6.02. The minimum Gasteiger partial charge on any atom is -0.370 e. The Morgan fingerprint density at radius 2 is 2.27 bits per heavy atom. The summed E-state index contributed by atoms with van der Waals surface area (Å²) in [5, 5.41) is 5.29. The van der Waals surface area contributed by atoms with Crippen LogP contribution in [0.3, 0.4) is 0 Å². The van der Waals surface area contributed by atoms with E-state index in [-0.39, 0.29) is 5.78 Å². The lowest BCUT2D eigenvalue weighted by Gasteiger charge is -2.18. The number of aromatic nitrogens is 2. The molecule has 0 radical (unpaired) electrons. The fourth-order valence-corrected chi connectivity index (χ4v) is 4.93. The van der Waals surface area contributed by atoms with Crippen molar-refractivity contribution in [3.05, 3.63) is 10.4 Å². The number of nitrogens with zero attached hydrogens (tertiary/aromatic N) is 2. The van der Waals surface area contributed by atoms with Gasteiger partial charge in [-0.3, -0.25) is 4.79 Å². The Hall–Kier alpha value is -1.14. The van der Waals surface area contributed by atoms with Crippen LogP contribution in [0.5, 0.6) is 0 Å². The van der Waals surface area contributed by atoms with Gasteiger partial charge in [-0.05, 0) is 44.6 Å². The van der Waals surface area contributed by atoms with E-state index in [9.17, 15) is 4.79 Å². The highest BCUT2D eigenvalue weighted by Crippen LogP contribution is 2.40. The molecule has 1 unspecified atom stereocenters. The highest BCUT2D eigenvalue weighted by atomic mass is 32.2. The highest BCUT2D eigenvalue weighted by Gasteiger charge is 2.23. The molecule has 1 aliphatic carbocycles. The molecule has 2 heterocycles. The monoisotopic (exact) mass is 335 g/mol. The van der Waals surface area contributed by atoms with E-state index in [1.807, 2.05) is 0 Å². The zero-order chi connectivity index (χ0) is 15.7. The van der Waals surface area contributed by atoms with Crippen molar-refractivity contribution < 1.29 is 4.79 Å². The molecule has 6 heteroatoms. The standard InChI is InChI=1S/C16H21N3OS2/c1-4-17-14-13-11-6-5-9(2)7-12(11)22-15(13)19-16(18-14)21-8-10(3)20/h9H,4-8H2,1-3H3,(H,17,18,19). The van der Waals surface area contributed by atoms with E-state index in [1.54, 1.807) is 18.3 Å². The molecule has 0 saturated heterocycles. The zero-order valence-corrected chi connectivity index (χ0v) is 14.9. The molecule has 0 spiro atoms. The maximum absolute atomic E-state index is 11.2. The number of hydrogen-bond donors (Lipinski definition) is 1. The summed E-state index contributed by atoms with van der Waals surface area (Å²) in [7, 11) is 0. The van der Waals surface area contributed by atoms with Gasteiger partial charge in [0.1, 0.15) is 16.4 Å². The van der Waals surface area contributed by atoms with Crippen molar-refractivity contribution in [3.8, 4) is 0 Å². The smallest absolute Gasteiger partial charge is 0.191 e. The molecule has 2 aromatic heterocycles. The van der Waals surface area contributed by atoms with Gasteiger partial charge in [-0.25, -0.2) is 9.97 Å². The van der Waals surface area contributed by atoms with Gasteiger partial charge in [0, 0.05) is 11.4 Å². The minimum absolute atomic E-state index is 0.151. The lowest BCUT2D eigenvalue weighted by Crippen LogP contribution is -2.09. The second kappa shape index (κ2) is 6.54. The lowest BCUT2D eigenvalue weighted by molar-refractivity contribution is -0.114. The van der Waals surface area contributed by atoms with Crippen LogP contribution in [-0.4, -0.2) is 28.0 Å². The number of aryl methyl sites for hydroxylation is 1. The quantitative estimate of drug-likeness (QED) is 0.663. The molecule has 0 aromatic carbocycles. The van der Waals surface area contributed by atoms with Gasteiger partial charge in [-0.1, -0.05) is 18.7 Å². The average Bonchev–Trinajstić information content (AvgIpc) is 2.82. The van der Waals surface area contributed by atoms with Crippen molar-refractivity contribution in [2.75, 3.05) is 17.6 Å². The molecule has 1 aliphatic rings. The number of thioether (sulfide) groups is 1. The molecule has 0 saturated carbocycles. The van der Waals surface area contributed by atoms with Crippen LogP contribution in [-0.2, 0) is 17.6 Å². The fourth-order valence-electron chi connectivity index (χ4n) is 2.85. The highest BCUT2D eigenvalue weighted by molar-refractivity contribution is 7.99. The number of fused-ring (bicyclic) bond motifs is 3. The largest absolute Gasteiger partial charge is 0.370 e. The molecule has 0 amide bonds. The van der Waals surface area contributed by atoms with Crippen LogP contribution in [0.25, 0.3) is 10.2 Å². The SMILES string of the molecule is CCNc1nc(SCC(C)=O)nc2sc3c(c12)CCC(C)C3. The van der Waals surface area contributed by atoms with Gasteiger partial charge in [-0.15, -0.1) is 11.3 Å². The Kier molecular flexibility index (Phi) is 4.68. The van der Waals surface area contributed by atoms with E-state index in [0.717, 1.165) is 36.0 Å². The van der Waals surface area contributed by atoms with Crippen molar-refractivity contribution in [2.45, 2.75) is 45.2 Å². The fraction of sp³-hybridized carbons (Fsp3) is 0.562. The first-order chi connectivity index (χ1) is 10.6. The van der Waals surface area contributed by atoms with E-state index in [1.165, 1.54) is 34.0 Å². The summed E-state index contributed by atoms with van der Waals surface area (Å²) in [5.41, 5.74) is 1.44. The van der Waals surface area contributed by atoms with Gasteiger partial charge in [0.05, 0.1) is 11.1 Å². The first kappa shape index (κ1) is 15.7. The maximum atomic E-state index is 11.2. The van der Waals surface area contributed by atoms with Crippen LogP contribution in [0.4, 0.5) is 5.82 Å². The molecule has 118 valence electrons. The number of anilines is 1. The topological polar surface area (TPSA) is 54.9 Å². The molecule has 22 heavy (non-hydrogen) atoms. The van der Waals surface area contributed by atoms with Crippen LogP contribution in [0, 0.1) is 5.92 Å². The van der Waals surface area contributed by atoms with Crippen molar-refractivity contribution in [1.82, 2.24) is 9.97 Å². The summed E-state index contributed by atoms with van der Waals surface area (Å²) in [6.45, 7) is 6.83. The first-order valence-corrected chi connectivity index (χ1v) is 9.57. The molecule has 0 fully saturated rings. The number of rotatable bonds is 5. The maximum Gasteiger partial charge on any atom is 0.191 e. The van der Waals surface area contributed by atoms with Crippen molar-refractivity contribution in [1.29, 1.82) is 0 Å². The summed E-state index contributed by atoms with van der Waals surface area (Å²) >= 11 is 3.23. The predicted molar refractivity (Wildman–Crippen MR) is 94.2 cm³/mol. The molecule has 4 nitrogen and oxygen atoms in total. The zero-order valence-electron chi connectivity index (χ0n) is 13.2. The molecule has 1 N–H and O–H groups in total. The number of thiophene rings is 1. The van der Waals surface area contributed by atoms with Crippen LogP contribution in [0.15, 0.2) is 5.16 Å². The number of carbonyl (C=O) groups excluding carboxylic acids is 1. The van der Waals surface area contributed by atoms with Crippen molar-refractivity contribution >= 4 is 44.9 Å². The van der Waals surface area contributed by atoms with Gasteiger partial charge in [0.2, 0.25) is 0 Å². The Balaban J connectivity index is 2.06. The van der Waals surface area contributed by atoms with Crippen LogP contribution in [0.1, 0.15) is 37.6 Å². The van der Waals surface area contributed by atoms with Crippen LogP contribution < -0.4 is 5.32 Å². The van der Waals surface area contributed by atoms with Gasteiger partial charge in [0.15, 0.2) is 5.16 Å². The number of Topliss-reactive ketones (excluding diaryl/α,β-unsaturated/α-hetero) is 1. The first-order valence-electron chi connectivity index (χ1n) is 7.76. The summed E-state index contributed by atoms with van der Waals surface area (Å²) in [4.78, 5) is 23.1. The number of nitrogens with one attached hydrogen (secondary N) is 1. The van der Waals surface area contributed by atoms with Crippen LogP contribution >= 0.6 is 23.1 Å². The molecule has 0 bridgehead atoms. The Morgan fingerprint density at radius 3 is 3.00 bits per heavy atom. The molecular formula is C16H21N3OS2. The van der Waals surface area contributed by atoms with Crippen molar-refractivity contribution in [2.24, 2.45) is 5.92 Å². The van der Waals surface area contributed by atoms with Gasteiger partial charge < -0.3 is 5.32 Å². The Labute approximate surface area is 139 Å². The summed E-state index contributed by atoms with van der Waals surface area (Å²) < 4.78 is 0. The van der Waals surface area contributed by atoms with Gasteiger partial charge in [-0.2, -0.15) is 0 Å². The van der Waals surface area contributed by atoms with Gasteiger partial charge in [0.25, 0.3) is 0 Å². The number of carbonyl (C=O) groups is 1. The van der Waals surface area contributed by atoms with Crippen molar-refractivity contribution in [3.63, 3.8) is 0 Å². The normalized spacial score (nSPS) is 17.5. The summed E-state index contributed by atoms with van der Waals surface area (Å²) in [6.07, 6.45) is 3.52. The molecule has 2 aromatic rings. The van der Waals surface area contributed by atoms with E-state index in [2.05, 4.69) is 24.1 Å². The summed E-state index contributed by atoms with van der Waals surface area (Å²) in [6, 6.07) is 0. The molecule has 3 rings (SSSR count). The number of hydrogen-bond acceptors (Lipinski definition) is 6. The molecule has 1 atom stereocenters. The summed E-state index contributed by atoms with van der Waals surface area (Å²) in [5.74, 6) is 2.27. The van der Waals surface area contributed by atoms with E-state index < -0.39 is 0 Å². The molecule has 0 aliphatic heterocycles. The average molecular weight is 335 g/mol. The second-order valence-electron chi connectivity index (χ2n) is 5.91. The van der Waals surface area contributed by atoms with Gasteiger partial charge >= 0.3 is 0 Å². The van der Waals surface area contributed by atoms with E-state index in [0.29, 0.717) is 10.9 Å². The Morgan fingerprint density at radius 1 is 1.45 bits per heavy atom. The lowest BCUT2D eigenvalue weighted by atomic mass is 9.89. The molecular weight excluding hydrogens is 314 g/mol. The predicted octanol–water partition coefficient (Wildman–Crippen LogP) is 3.93. The van der Waals surface area contributed by atoms with E-state index in [4.69, 9.17) is 4.98 Å². The minimum atomic E-state index is 0.151. The third kappa shape index (κ3) is 3.13. The van der Waals surface area contributed by atoms with Crippen LogP contribution in [0.2, 0.25) is 0 Å².